The molecule has 1 unspecified atom stereocenters. The minimum absolute atomic E-state index is 0.0545. The summed E-state index contributed by atoms with van der Waals surface area (Å²) in [4.78, 5) is 24.8. The first-order valence-corrected chi connectivity index (χ1v) is 10.8. The minimum Gasteiger partial charge on any atom is -0.508 e. The summed E-state index contributed by atoms with van der Waals surface area (Å²) >= 11 is 12.1. The number of hydrazone groups is 1. The van der Waals surface area contributed by atoms with Gasteiger partial charge in [-0.25, -0.2) is 5.01 Å². The number of carbonyl (C=O) groups excluding carboxylic acids is 2. The molecule has 1 aliphatic heterocycles. The van der Waals surface area contributed by atoms with Gasteiger partial charge in [0.15, 0.2) is 0 Å². The predicted molar refractivity (Wildman–Crippen MR) is 124 cm³/mol. The fraction of sp³-hybridized carbons (Fsp3) is 0.348. The maximum Gasteiger partial charge on any atom is 0.240 e. The minimum atomic E-state index is -0.335. The average Bonchev–Trinajstić information content (AvgIpc) is 3.09. The molecule has 0 saturated heterocycles. The van der Waals surface area contributed by atoms with Crippen molar-refractivity contribution >= 4 is 46.4 Å². The lowest BCUT2D eigenvalue weighted by Crippen LogP contribution is -2.24. The normalized spacial score (nSPS) is 15.9. The fourth-order valence-electron chi connectivity index (χ4n) is 3.63. The molecule has 8 heteroatoms. The highest BCUT2D eigenvalue weighted by Gasteiger charge is 2.32. The number of phenols is 1. The Morgan fingerprint density at radius 3 is 2.55 bits per heavy atom. The van der Waals surface area contributed by atoms with E-state index in [-0.39, 0.29) is 35.9 Å². The highest BCUT2D eigenvalue weighted by atomic mass is 35.5. The van der Waals surface area contributed by atoms with Crippen molar-refractivity contribution in [3.63, 3.8) is 0 Å². The van der Waals surface area contributed by atoms with E-state index in [1.807, 2.05) is 20.8 Å². The SMILES string of the molecule is CC(=O)N1N=C(CC(=O)Nc2cc(C(C)C)c(O)cc2C)CC1c1ccc(Cl)c(Cl)c1. The molecule has 0 bridgehead atoms. The van der Waals surface area contributed by atoms with E-state index in [9.17, 15) is 14.7 Å². The number of nitrogens with one attached hydrogen (secondary N) is 1. The molecule has 1 heterocycles. The Kier molecular flexibility index (Phi) is 6.92. The summed E-state index contributed by atoms with van der Waals surface area (Å²) in [6.07, 6.45) is 0.482. The van der Waals surface area contributed by atoms with Crippen molar-refractivity contribution < 1.29 is 14.7 Å². The number of phenolic OH excluding ortho intramolecular Hbond substituents is 1. The molecule has 2 aromatic carbocycles. The number of nitrogens with zero attached hydrogens (tertiary/aromatic N) is 2. The van der Waals surface area contributed by atoms with Crippen LogP contribution in [0.15, 0.2) is 35.4 Å². The number of halogens is 2. The smallest absolute Gasteiger partial charge is 0.240 e. The van der Waals surface area contributed by atoms with Crippen molar-refractivity contribution in [3.8, 4) is 5.75 Å². The van der Waals surface area contributed by atoms with Gasteiger partial charge in [-0.2, -0.15) is 5.10 Å². The number of anilines is 1. The number of hydrogen-bond acceptors (Lipinski definition) is 4. The number of benzene rings is 2. The number of hydrogen-bond donors (Lipinski definition) is 2. The fourth-order valence-corrected chi connectivity index (χ4v) is 3.94. The van der Waals surface area contributed by atoms with E-state index in [1.165, 1.54) is 11.9 Å². The van der Waals surface area contributed by atoms with Crippen LogP contribution in [0.3, 0.4) is 0 Å². The second-order valence-electron chi connectivity index (χ2n) is 8.03. The van der Waals surface area contributed by atoms with Crippen molar-refractivity contribution in [1.82, 2.24) is 5.01 Å². The zero-order valence-electron chi connectivity index (χ0n) is 17.9. The Labute approximate surface area is 191 Å². The Bertz CT molecular complexity index is 1070. The van der Waals surface area contributed by atoms with E-state index in [0.29, 0.717) is 27.9 Å². The molecule has 1 aliphatic rings. The van der Waals surface area contributed by atoms with Crippen LogP contribution in [0.4, 0.5) is 5.69 Å². The van der Waals surface area contributed by atoms with E-state index in [2.05, 4.69) is 10.4 Å². The van der Waals surface area contributed by atoms with Gasteiger partial charge in [-0.1, -0.05) is 43.1 Å². The summed E-state index contributed by atoms with van der Waals surface area (Å²) in [5, 5.41) is 19.6. The van der Waals surface area contributed by atoms with Gasteiger partial charge in [0.25, 0.3) is 0 Å². The summed E-state index contributed by atoms with van der Waals surface area (Å²) in [6, 6.07) is 8.32. The lowest BCUT2D eigenvalue weighted by molar-refractivity contribution is -0.130. The molecule has 164 valence electrons. The van der Waals surface area contributed by atoms with Crippen molar-refractivity contribution in [2.45, 2.75) is 52.5 Å². The molecule has 0 aliphatic carbocycles. The van der Waals surface area contributed by atoms with Crippen LogP contribution in [0.2, 0.25) is 10.0 Å². The number of aromatic hydroxyl groups is 1. The second kappa shape index (κ2) is 9.28. The molecule has 31 heavy (non-hydrogen) atoms. The zero-order chi connectivity index (χ0) is 22.9. The highest BCUT2D eigenvalue weighted by Crippen LogP contribution is 2.35. The van der Waals surface area contributed by atoms with Gasteiger partial charge in [0.2, 0.25) is 11.8 Å². The predicted octanol–water partition coefficient (Wildman–Crippen LogP) is 5.81. The molecule has 0 fully saturated rings. The summed E-state index contributed by atoms with van der Waals surface area (Å²) in [7, 11) is 0. The molecule has 0 aromatic heterocycles. The summed E-state index contributed by atoms with van der Waals surface area (Å²) < 4.78 is 0. The average molecular weight is 462 g/mol. The number of aryl methyl sites for hydroxylation is 1. The molecular formula is C23H25Cl2N3O3. The number of amides is 2. The lowest BCUT2D eigenvalue weighted by atomic mass is 9.98. The summed E-state index contributed by atoms with van der Waals surface area (Å²) in [5.41, 5.74) is 3.59. The van der Waals surface area contributed by atoms with E-state index in [1.54, 1.807) is 30.3 Å². The van der Waals surface area contributed by atoms with Crippen LogP contribution in [0.1, 0.15) is 62.3 Å². The first kappa shape index (κ1) is 23.1. The Morgan fingerprint density at radius 1 is 1.23 bits per heavy atom. The Balaban J connectivity index is 1.76. The largest absolute Gasteiger partial charge is 0.508 e. The van der Waals surface area contributed by atoms with Gasteiger partial charge in [-0.15, -0.1) is 0 Å². The first-order valence-electron chi connectivity index (χ1n) is 10.0. The molecule has 6 nitrogen and oxygen atoms in total. The standard InChI is InChI=1S/C23H25Cl2N3O3/c1-12(2)17-11-20(13(3)7-22(17)30)26-23(31)10-16-9-21(28(27-16)14(4)29)15-5-6-18(24)19(25)8-15/h5-8,11-12,21,30H,9-10H2,1-4H3,(H,26,31). The summed E-state index contributed by atoms with van der Waals surface area (Å²) in [5.74, 6) is -0.123. The van der Waals surface area contributed by atoms with Crippen molar-refractivity contribution in [3.05, 3.63) is 57.1 Å². The monoisotopic (exact) mass is 461 g/mol. The highest BCUT2D eigenvalue weighted by molar-refractivity contribution is 6.42. The molecule has 0 spiro atoms. The second-order valence-corrected chi connectivity index (χ2v) is 8.84. The maximum atomic E-state index is 12.7. The van der Waals surface area contributed by atoms with Crippen LogP contribution in [-0.2, 0) is 9.59 Å². The zero-order valence-corrected chi connectivity index (χ0v) is 19.4. The molecule has 0 saturated carbocycles. The van der Waals surface area contributed by atoms with E-state index >= 15 is 0 Å². The van der Waals surface area contributed by atoms with Crippen LogP contribution in [0, 0.1) is 6.92 Å². The van der Waals surface area contributed by atoms with Crippen molar-refractivity contribution in [2.75, 3.05) is 5.32 Å². The van der Waals surface area contributed by atoms with E-state index in [0.717, 1.165) is 16.7 Å². The van der Waals surface area contributed by atoms with Crippen molar-refractivity contribution in [1.29, 1.82) is 0 Å². The Morgan fingerprint density at radius 2 is 1.94 bits per heavy atom. The summed E-state index contributed by atoms with van der Waals surface area (Å²) in [6.45, 7) is 7.21. The molecule has 3 rings (SSSR count). The number of carbonyl (C=O) groups is 2. The van der Waals surface area contributed by atoms with Crippen LogP contribution in [0.25, 0.3) is 0 Å². The van der Waals surface area contributed by atoms with Gasteiger partial charge in [0.1, 0.15) is 5.75 Å². The van der Waals surface area contributed by atoms with Crippen LogP contribution >= 0.6 is 23.2 Å². The van der Waals surface area contributed by atoms with Gasteiger partial charge in [0, 0.05) is 19.0 Å². The van der Waals surface area contributed by atoms with Gasteiger partial charge in [-0.05, 0) is 53.8 Å². The maximum absolute atomic E-state index is 12.7. The van der Waals surface area contributed by atoms with Gasteiger partial charge >= 0.3 is 0 Å². The first-order chi connectivity index (χ1) is 14.6. The van der Waals surface area contributed by atoms with Gasteiger partial charge < -0.3 is 10.4 Å². The van der Waals surface area contributed by atoms with Gasteiger partial charge in [-0.3, -0.25) is 9.59 Å². The van der Waals surface area contributed by atoms with Crippen molar-refractivity contribution in [2.24, 2.45) is 5.10 Å². The van der Waals surface area contributed by atoms with Crippen LogP contribution in [0.5, 0.6) is 5.75 Å². The molecule has 2 N–H and O–H groups in total. The van der Waals surface area contributed by atoms with E-state index in [4.69, 9.17) is 23.2 Å². The third-order valence-electron chi connectivity index (χ3n) is 5.26. The van der Waals surface area contributed by atoms with Crippen LogP contribution < -0.4 is 5.32 Å². The van der Waals surface area contributed by atoms with Gasteiger partial charge in [0.05, 0.1) is 28.2 Å². The topological polar surface area (TPSA) is 82.0 Å². The van der Waals surface area contributed by atoms with Crippen LogP contribution in [-0.4, -0.2) is 27.6 Å². The lowest BCUT2D eigenvalue weighted by Gasteiger charge is -2.20. The number of rotatable bonds is 5. The quantitative estimate of drug-likeness (QED) is 0.551. The molecular weight excluding hydrogens is 437 g/mol. The third kappa shape index (κ3) is 5.20. The molecule has 0 radical (unpaired) electrons. The molecule has 2 aromatic rings. The Hall–Kier alpha value is -2.57. The molecule has 2 amide bonds. The third-order valence-corrected chi connectivity index (χ3v) is 6.00. The van der Waals surface area contributed by atoms with E-state index < -0.39 is 0 Å². The molecule has 1 atom stereocenters.